The third-order valence-corrected chi connectivity index (χ3v) is 13.9. The maximum Gasteiger partial charge on any atom is 0.339 e. The first kappa shape index (κ1) is 28.8. The smallest absolute Gasteiger partial charge is 0.339 e. The number of methoxy groups -OCH3 is 1. The minimum absolute atomic E-state index is 0.303. The van der Waals surface area contributed by atoms with E-state index < -0.39 is 36.9 Å². The van der Waals surface area contributed by atoms with E-state index >= 15 is 0 Å². The molecule has 2 saturated heterocycles. The average molecular weight is 568 g/mol. The summed E-state index contributed by atoms with van der Waals surface area (Å²) in [5.74, 6) is -1.29. The van der Waals surface area contributed by atoms with Gasteiger partial charge in [-0.25, -0.2) is 4.79 Å². The van der Waals surface area contributed by atoms with Gasteiger partial charge < -0.3 is 23.8 Å². The number of fused-ring (bicyclic) bond motifs is 2. The highest BCUT2D eigenvalue weighted by atomic mass is 28.3. The second-order valence-corrected chi connectivity index (χ2v) is 17.2. The predicted octanol–water partition coefficient (Wildman–Crippen LogP) is 3.86. The number of cyclic esters (lactones) is 1. The average Bonchev–Trinajstić information content (AvgIpc) is 3.50. The van der Waals surface area contributed by atoms with Crippen LogP contribution in [-0.4, -0.2) is 70.1 Å². The largest absolute Gasteiger partial charge is 0.465 e. The van der Waals surface area contributed by atoms with Gasteiger partial charge in [-0.3, -0.25) is 9.59 Å². The van der Waals surface area contributed by atoms with Crippen LogP contribution < -0.4 is 5.19 Å². The summed E-state index contributed by atoms with van der Waals surface area (Å²) in [4.78, 5) is 43.2. The molecule has 3 aliphatic heterocycles. The van der Waals surface area contributed by atoms with Gasteiger partial charge in [0.1, 0.15) is 8.07 Å². The normalized spacial score (nSPS) is 30.0. The van der Waals surface area contributed by atoms with Crippen molar-refractivity contribution in [2.45, 2.75) is 71.9 Å². The quantitative estimate of drug-likeness (QED) is 0.281. The fourth-order valence-electron chi connectivity index (χ4n) is 7.05. The first-order valence-corrected chi connectivity index (χ1v) is 17.2. The minimum atomic E-state index is -2.40. The van der Waals surface area contributed by atoms with Crippen LogP contribution in [0.2, 0.25) is 13.1 Å². The van der Waals surface area contributed by atoms with Crippen LogP contribution in [0.15, 0.2) is 53.4 Å². The Kier molecular flexibility index (Phi) is 7.38. The molecule has 40 heavy (non-hydrogen) atoms. The van der Waals surface area contributed by atoms with Crippen molar-refractivity contribution >= 4 is 31.1 Å². The summed E-state index contributed by atoms with van der Waals surface area (Å²) >= 11 is 0. The molecule has 1 saturated carbocycles. The summed E-state index contributed by atoms with van der Waals surface area (Å²) in [7, 11) is -1.04. The van der Waals surface area contributed by atoms with Crippen LogP contribution in [0.25, 0.3) is 0 Å². The maximum absolute atomic E-state index is 14.7. The summed E-state index contributed by atoms with van der Waals surface area (Å²) in [6.07, 6.45) is 5.60. The lowest BCUT2D eigenvalue weighted by molar-refractivity contribution is -0.193. The van der Waals surface area contributed by atoms with Gasteiger partial charge in [-0.15, -0.1) is 0 Å². The zero-order valence-corrected chi connectivity index (χ0v) is 25.5. The van der Waals surface area contributed by atoms with Crippen molar-refractivity contribution in [1.82, 2.24) is 4.90 Å². The van der Waals surface area contributed by atoms with Gasteiger partial charge in [-0.1, -0.05) is 75.5 Å². The number of rotatable bonds is 7. The number of ether oxygens (including phenoxy) is 4. The van der Waals surface area contributed by atoms with Gasteiger partial charge in [0.2, 0.25) is 5.91 Å². The molecule has 216 valence electrons. The molecule has 0 radical (unpaired) electrons. The maximum atomic E-state index is 14.7. The van der Waals surface area contributed by atoms with Crippen molar-refractivity contribution in [2.75, 3.05) is 26.9 Å². The molecular weight excluding hydrogens is 526 g/mol. The summed E-state index contributed by atoms with van der Waals surface area (Å²) in [5.41, 5.74) is -1.92. The van der Waals surface area contributed by atoms with Crippen LogP contribution in [0.1, 0.15) is 46.5 Å². The molecule has 5 rings (SSSR count). The highest BCUT2D eigenvalue weighted by Gasteiger charge is 2.72. The standard InChI is InChI=1S/C31H41NO7Si/c1-29(2)30(3)14-15-31(29,28(35)39-20-30)27(34)32-19-23(26(33)36-4)24(40(5,6)22-10-8-7-9-11-22)18-21(32)12-13-25-37-16-17-38-25/h7-11,18-19,21,25H,12-17,20H2,1-6H3/t21-,30+,31+/m1/s1. The SMILES string of the molecule is COC(=O)C1=CN(C(=O)[C@@]23CC[C@@](C)(COC2=O)C3(C)C)[C@H](CCC2OCCO2)C=C1[Si](C)(C)c1ccccc1. The van der Waals surface area contributed by atoms with E-state index in [9.17, 15) is 14.4 Å². The molecule has 3 heterocycles. The van der Waals surface area contributed by atoms with Gasteiger partial charge in [0.05, 0.1) is 38.5 Å². The van der Waals surface area contributed by atoms with Crippen molar-refractivity contribution in [3.63, 3.8) is 0 Å². The fourth-order valence-corrected chi connectivity index (χ4v) is 9.84. The molecule has 8 nitrogen and oxygen atoms in total. The van der Waals surface area contributed by atoms with Crippen molar-refractivity contribution in [2.24, 2.45) is 16.2 Å². The molecule has 1 aromatic carbocycles. The van der Waals surface area contributed by atoms with Gasteiger partial charge in [0, 0.05) is 18.0 Å². The lowest BCUT2D eigenvalue weighted by Gasteiger charge is -2.51. The lowest BCUT2D eigenvalue weighted by atomic mass is 9.57. The Morgan fingerprint density at radius 2 is 1.73 bits per heavy atom. The molecule has 0 unspecified atom stereocenters. The first-order valence-electron chi connectivity index (χ1n) is 14.2. The summed E-state index contributed by atoms with van der Waals surface area (Å²) in [5, 5.41) is 2.08. The molecule has 0 N–H and O–H groups in total. The zero-order chi connectivity index (χ0) is 28.9. The van der Waals surface area contributed by atoms with Crippen LogP contribution in [0.3, 0.4) is 0 Å². The molecule has 3 atom stereocenters. The molecule has 1 amide bonds. The highest BCUT2D eigenvalue weighted by Crippen LogP contribution is 2.66. The van der Waals surface area contributed by atoms with Crippen LogP contribution in [0.5, 0.6) is 0 Å². The number of carbonyl (C=O) groups is 3. The molecule has 4 aliphatic rings. The molecule has 0 aromatic heterocycles. The monoisotopic (exact) mass is 567 g/mol. The van der Waals surface area contributed by atoms with E-state index in [0.29, 0.717) is 51.1 Å². The van der Waals surface area contributed by atoms with Gasteiger partial charge >= 0.3 is 11.9 Å². The highest BCUT2D eigenvalue weighted by molar-refractivity contribution is 6.96. The number of hydrogen-bond donors (Lipinski definition) is 0. The number of benzene rings is 1. The van der Waals surface area contributed by atoms with Gasteiger partial charge in [-0.05, 0) is 29.9 Å². The number of nitrogens with zero attached hydrogens (tertiary/aromatic N) is 1. The fraction of sp³-hybridized carbons (Fsp3) is 0.581. The van der Waals surface area contributed by atoms with Crippen molar-refractivity contribution in [3.8, 4) is 0 Å². The Labute approximate surface area is 237 Å². The topological polar surface area (TPSA) is 91.4 Å². The van der Waals surface area contributed by atoms with Crippen LogP contribution in [0.4, 0.5) is 0 Å². The van der Waals surface area contributed by atoms with E-state index in [1.807, 2.05) is 32.0 Å². The number of esters is 2. The van der Waals surface area contributed by atoms with Crippen molar-refractivity contribution < 1.29 is 33.3 Å². The van der Waals surface area contributed by atoms with Crippen molar-refractivity contribution in [1.29, 1.82) is 0 Å². The van der Waals surface area contributed by atoms with Gasteiger partial charge in [0.25, 0.3) is 0 Å². The van der Waals surface area contributed by atoms with E-state index in [-0.39, 0.29) is 17.6 Å². The second kappa shape index (κ2) is 10.3. The van der Waals surface area contributed by atoms with Crippen LogP contribution >= 0.6 is 0 Å². The Hall–Kier alpha value is -2.75. The molecule has 3 fully saturated rings. The Morgan fingerprint density at radius 1 is 1.05 bits per heavy atom. The van der Waals surface area contributed by atoms with Crippen molar-refractivity contribution in [3.05, 3.63) is 53.4 Å². The Balaban J connectivity index is 1.61. The predicted molar refractivity (Wildman–Crippen MR) is 152 cm³/mol. The van der Waals surface area contributed by atoms with E-state index in [4.69, 9.17) is 18.9 Å². The van der Waals surface area contributed by atoms with Crippen LogP contribution in [-0.2, 0) is 33.3 Å². The third-order valence-electron chi connectivity index (χ3n) is 10.3. The molecule has 1 aliphatic carbocycles. The molecule has 0 spiro atoms. The molecule has 9 heteroatoms. The van der Waals surface area contributed by atoms with Gasteiger partial charge in [0.15, 0.2) is 11.7 Å². The Morgan fingerprint density at radius 3 is 2.38 bits per heavy atom. The molecule has 1 aromatic rings. The molecular formula is C31H41NO7Si. The van der Waals surface area contributed by atoms with E-state index in [1.165, 1.54) is 12.3 Å². The zero-order valence-electron chi connectivity index (χ0n) is 24.5. The number of amides is 1. The number of hydrogen-bond acceptors (Lipinski definition) is 7. The number of carbonyl (C=O) groups excluding carboxylic acids is 3. The summed E-state index contributed by atoms with van der Waals surface area (Å²) < 4.78 is 22.3. The third kappa shape index (κ3) is 4.28. The summed E-state index contributed by atoms with van der Waals surface area (Å²) in [6, 6.07) is 9.77. The molecule has 2 bridgehead atoms. The minimum Gasteiger partial charge on any atom is -0.465 e. The first-order chi connectivity index (χ1) is 18.9. The second-order valence-electron chi connectivity index (χ2n) is 12.8. The summed E-state index contributed by atoms with van der Waals surface area (Å²) in [6.45, 7) is 11.9. The van der Waals surface area contributed by atoms with E-state index in [2.05, 4.69) is 38.2 Å². The van der Waals surface area contributed by atoms with Crippen LogP contribution in [0, 0.1) is 16.2 Å². The Bertz CT molecular complexity index is 1250. The van der Waals surface area contributed by atoms with Gasteiger partial charge in [-0.2, -0.15) is 0 Å². The lowest BCUT2D eigenvalue weighted by Crippen LogP contribution is -2.62. The van der Waals surface area contributed by atoms with E-state index in [1.54, 1.807) is 11.1 Å². The van der Waals surface area contributed by atoms with E-state index in [0.717, 1.165) is 5.20 Å².